The Morgan fingerprint density at radius 2 is 2.03 bits per heavy atom. The Morgan fingerprint density at radius 1 is 1.22 bits per heavy atom. The lowest BCUT2D eigenvalue weighted by Gasteiger charge is -2.18. The summed E-state index contributed by atoms with van der Waals surface area (Å²) in [6.45, 7) is 7.18. The molecule has 3 heterocycles. The van der Waals surface area contributed by atoms with E-state index in [1.807, 2.05) is 31.2 Å². The van der Waals surface area contributed by atoms with Crippen LogP contribution < -0.4 is 10.1 Å². The number of aryl methyl sites for hydroxylation is 1. The molecule has 0 unspecified atom stereocenters. The Labute approximate surface area is 187 Å². The number of benzene rings is 1. The van der Waals surface area contributed by atoms with Crippen LogP contribution in [0.2, 0.25) is 0 Å². The number of carbonyl (C=O) groups is 1. The van der Waals surface area contributed by atoms with Crippen LogP contribution in [0.25, 0.3) is 6.08 Å². The Balaban J connectivity index is 1.35. The van der Waals surface area contributed by atoms with Crippen LogP contribution in [-0.4, -0.2) is 52.3 Å². The quantitative estimate of drug-likeness (QED) is 0.613. The summed E-state index contributed by atoms with van der Waals surface area (Å²) in [6, 6.07) is 9.45. The van der Waals surface area contributed by atoms with Crippen LogP contribution in [0.5, 0.6) is 5.75 Å². The molecular formula is C24H29N5O3. The smallest absolute Gasteiger partial charge is 0.255 e. The summed E-state index contributed by atoms with van der Waals surface area (Å²) in [5.41, 5.74) is 1.69. The zero-order valence-corrected chi connectivity index (χ0v) is 18.7. The molecule has 0 fully saturated rings. The fourth-order valence-electron chi connectivity index (χ4n) is 3.90. The van der Waals surface area contributed by atoms with Crippen molar-refractivity contribution in [1.29, 1.82) is 0 Å². The lowest BCUT2D eigenvalue weighted by molar-refractivity contribution is 0.0936. The van der Waals surface area contributed by atoms with E-state index in [2.05, 4.69) is 37.1 Å². The third kappa shape index (κ3) is 4.91. The van der Waals surface area contributed by atoms with Gasteiger partial charge in [0.25, 0.3) is 5.91 Å². The molecule has 8 heteroatoms. The molecule has 0 aliphatic carbocycles. The SMILES string of the molecule is COc1ccc(/C=C/CN2CCc3nnc([C@@H](C)NC(=O)c4ccoc4C)n3CC2)cc1. The number of amides is 1. The number of furan rings is 1. The van der Waals surface area contributed by atoms with Crippen molar-refractivity contribution in [3.8, 4) is 5.75 Å². The normalized spacial score (nSPS) is 15.3. The molecule has 0 saturated carbocycles. The van der Waals surface area contributed by atoms with Gasteiger partial charge in [0.2, 0.25) is 0 Å². The fraction of sp³-hybridized carbons (Fsp3) is 0.375. The lowest BCUT2D eigenvalue weighted by atomic mass is 10.2. The minimum absolute atomic E-state index is 0.167. The summed E-state index contributed by atoms with van der Waals surface area (Å²) < 4.78 is 12.6. The number of fused-ring (bicyclic) bond motifs is 1. The van der Waals surface area contributed by atoms with E-state index >= 15 is 0 Å². The molecule has 0 spiro atoms. The van der Waals surface area contributed by atoms with Gasteiger partial charge in [-0.25, -0.2) is 0 Å². The molecule has 1 atom stereocenters. The van der Waals surface area contributed by atoms with Gasteiger partial charge < -0.3 is 19.0 Å². The first-order valence-electron chi connectivity index (χ1n) is 10.8. The van der Waals surface area contributed by atoms with Crippen LogP contribution in [-0.2, 0) is 13.0 Å². The standard InChI is InChI=1S/C24H29N5O3/c1-17(25-24(30)21-11-16-32-18(21)2)23-27-26-22-10-13-28(14-15-29(22)23)12-4-5-19-6-8-20(31-3)9-7-19/h4-9,11,16-17H,10,12-15H2,1-3H3,(H,25,30)/b5-4+/t17-/m1/s1. The first-order valence-corrected chi connectivity index (χ1v) is 10.8. The van der Waals surface area contributed by atoms with Gasteiger partial charge in [-0.05, 0) is 37.6 Å². The number of hydrogen-bond donors (Lipinski definition) is 1. The molecule has 1 aliphatic heterocycles. The average molecular weight is 436 g/mol. The van der Waals surface area contributed by atoms with E-state index in [1.165, 1.54) is 6.26 Å². The highest BCUT2D eigenvalue weighted by atomic mass is 16.5. The summed E-state index contributed by atoms with van der Waals surface area (Å²) in [4.78, 5) is 14.9. The molecule has 32 heavy (non-hydrogen) atoms. The molecule has 1 N–H and O–H groups in total. The van der Waals surface area contributed by atoms with Crippen molar-refractivity contribution in [3.63, 3.8) is 0 Å². The molecule has 1 amide bonds. The Morgan fingerprint density at radius 3 is 2.75 bits per heavy atom. The van der Waals surface area contributed by atoms with Gasteiger partial charge in [-0.3, -0.25) is 9.69 Å². The number of carbonyl (C=O) groups excluding carboxylic acids is 1. The van der Waals surface area contributed by atoms with Crippen LogP contribution in [0.15, 0.2) is 47.1 Å². The van der Waals surface area contributed by atoms with Crippen LogP contribution in [0.4, 0.5) is 0 Å². The molecule has 8 nitrogen and oxygen atoms in total. The van der Waals surface area contributed by atoms with E-state index < -0.39 is 0 Å². The van der Waals surface area contributed by atoms with Crippen LogP contribution >= 0.6 is 0 Å². The fourth-order valence-corrected chi connectivity index (χ4v) is 3.90. The van der Waals surface area contributed by atoms with Gasteiger partial charge in [-0.1, -0.05) is 24.3 Å². The Hall–Kier alpha value is -3.39. The van der Waals surface area contributed by atoms with Crippen LogP contribution in [0.1, 0.15) is 46.3 Å². The van der Waals surface area contributed by atoms with Crippen molar-refractivity contribution >= 4 is 12.0 Å². The maximum absolute atomic E-state index is 12.5. The Kier molecular flexibility index (Phi) is 6.70. The maximum atomic E-state index is 12.5. The maximum Gasteiger partial charge on any atom is 0.255 e. The first-order chi connectivity index (χ1) is 15.5. The monoisotopic (exact) mass is 435 g/mol. The highest BCUT2D eigenvalue weighted by Gasteiger charge is 2.23. The zero-order valence-electron chi connectivity index (χ0n) is 18.7. The van der Waals surface area contributed by atoms with Crippen molar-refractivity contribution in [2.24, 2.45) is 0 Å². The second kappa shape index (κ2) is 9.82. The van der Waals surface area contributed by atoms with Gasteiger partial charge in [0, 0.05) is 32.6 Å². The van der Waals surface area contributed by atoms with Crippen molar-refractivity contribution in [2.45, 2.75) is 32.9 Å². The molecular weight excluding hydrogens is 406 g/mol. The number of nitrogens with zero attached hydrogens (tertiary/aromatic N) is 4. The van der Waals surface area contributed by atoms with Crippen LogP contribution in [0, 0.1) is 6.92 Å². The summed E-state index contributed by atoms with van der Waals surface area (Å²) in [5, 5.41) is 11.8. The van der Waals surface area contributed by atoms with Gasteiger partial charge in [-0.15, -0.1) is 10.2 Å². The molecule has 3 aromatic rings. The van der Waals surface area contributed by atoms with Gasteiger partial charge in [0.15, 0.2) is 5.82 Å². The number of nitrogens with one attached hydrogen (secondary N) is 1. The molecule has 0 radical (unpaired) electrons. The molecule has 1 aliphatic rings. The van der Waals surface area contributed by atoms with E-state index in [0.29, 0.717) is 11.3 Å². The van der Waals surface area contributed by atoms with E-state index in [4.69, 9.17) is 9.15 Å². The van der Waals surface area contributed by atoms with Crippen molar-refractivity contribution in [2.75, 3.05) is 26.7 Å². The third-order valence-electron chi connectivity index (χ3n) is 5.78. The van der Waals surface area contributed by atoms with E-state index in [9.17, 15) is 4.79 Å². The third-order valence-corrected chi connectivity index (χ3v) is 5.78. The molecule has 0 bridgehead atoms. The second-order valence-corrected chi connectivity index (χ2v) is 7.94. The average Bonchev–Trinajstić information content (AvgIpc) is 3.36. The molecule has 4 rings (SSSR count). The number of aromatic nitrogens is 3. The second-order valence-electron chi connectivity index (χ2n) is 7.94. The minimum atomic E-state index is -0.250. The summed E-state index contributed by atoms with van der Waals surface area (Å²) >= 11 is 0. The highest BCUT2D eigenvalue weighted by molar-refractivity contribution is 5.95. The Bertz CT molecular complexity index is 1080. The van der Waals surface area contributed by atoms with Crippen molar-refractivity contribution in [3.05, 3.63) is 71.2 Å². The molecule has 2 aromatic heterocycles. The van der Waals surface area contributed by atoms with E-state index in [1.54, 1.807) is 20.1 Å². The number of methoxy groups -OCH3 is 1. The summed E-state index contributed by atoms with van der Waals surface area (Å²) in [7, 11) is 1.67. The van der Waals surface area contributed by atoms with E-state index in [0.717, 1.165) is 55.6 Å². The molecule has 0 saturated heterocycles. The van der Waals surface area contributed by atoms with Gasteiger partial charge in [0.1, 0.15) is 17.3 Å². The van der Waals surface area contributed by atoms with Gasteiger partial charge in [0.05, 0.1) is 25.0 Å². The van der Waals surface area contributed by atoms with Gasteiger partial charge >= 0.3 is 0 Å². The summed E-state index contributed by atoms with van der Waals surface area (Å²) in [5.74, 6) is 3.04. The minimum Gasteiger partial charge on any atom is -0.497 e. The number of hydrogen-bond acceptors (Lipinski definition) is 6. The van der Waals surface area contributed by atoms with Crippen molar-refractivity contribution < 1.29 is 13.9 Å². The van der Waals surface area contributed by atoms with E-state index in [-0.39, 0.29) is 11.9 Å². The number of rotatable bonds is 7. The van der Waals surface area contributed by atoms with Gasteiger partial charge in [-0.2, -0.15) is 0 Å². The zero-order chi connectivity index (χ0) is 22.5. The highest BCUT2D eigenvalue weighted by Crippen LogP contribution is 2.18. The predicted molar refractivity (Wildman–Crippen MR) is 122 cm³/mol. The molecule has 1 aromatic carbocycles. The summed E-state index contributed by atoms with van der Waals surface area (Å²) in [6.07, 6.45) is 6.66. The molecule has 168 valence electrons. The number of ether oxygens (including phenoxy) is 1. The first kappa shape index (κ1) is 21.8. The predicted octanol–water partition coefficient (Wildman–Crippen LogP) is 3.25. The van der Waals surface area contributed by atoms with Crippen LogP contribution in [0.3, 0.4) is 0 Å². The largest absolute Gasteiger partial charge is 0.497 e. The van der Waals surface area contributed by atoms with Crippen molar-refractivity contribution in [1.82, 2.24) is 25.0 Å². The lowest BCUT2D eigenvalue weighted by Crippen LogP contribution is -2.30. The topological polar surface area (TPSA) is 85.4 Å².